The molecule has 1 aliphatic heterocycles. The number of ether oxygens (including phenoxy) is 2. The molecule has 1 aliphatic rings. The van der Waals surface area contributed by atoms with Gasteiger partial charge in [-0.05, 0) is 47.6 Å². The van der Waals surface area contributed by atoms with Crippen LogP contribution in [0, 0.1) is 12.8 Å². The van der Waals surface area contributed by atoms with Gasteiger partial charge in [-0.25, -0.2) is 4.79 Å². The first-order valence-corrected chi connectivity index (χ1v) is 10.4. The van der Waals surface area contributed by atoms with Crippen LogP contribution in [0.4, 0.5) is 4.79 Å². The molecule has 0 aliphatic carbocycles. The Morgan fingerprint density at radius 2 is 2.00 bits per heavy atom. The van der Waals surface area contributed by atoms with Gasteiger partial charge < -0.3 is 19.3 Å². The van der Waals surface area contributed by atoms with E-state index in [0.717, 1.165) is 11.1 Å². The smallest absolute Gasteiger partial charge is 0.410 e. The number of aryl methyl sites for hydroxylation is 1. The van der Waals surface area contributed by atoms with Crippen molar-refractivity contribution >= 4 is 12.0 Å². The first-order chi connectivity index (χ1) is 13.4. The van der Waals surface area contributed by atoms with Crippen molar-refractivity contribution in [3.63, 3.8) is 0 Å². The van der Waals surface area contributed by atoms with E-state index in [9.17, 15) is 9.59 Å². The lowest BCUT2D eigenvalue weighted by Crippen LogP contribution is -2.47. The average molecular weight is 405 g/mol. The summed E-state index contributed by atoms with van der Waals surface area (Å²) in [4.78, 5) is 28.9. The first kappa shape index (κ1) is 23.0. The van der Waals surface area contributed by atoms with Gasteiger partial charge in [0.2, 0.25) is 5.91 Å². The molecule has 0 aromatic heterocycles. The van der Waals surface area contributed by atoms with Crippen LogP contribution in [0.1, 0.15) is 52.7 Å². The molecule has 0 saturated heterocycles. The Bertz CT molecular complexity index is 739. The zero-order chi connectivity index (χ0) is 21.9. The van der Waals surface area contributed by atoms with Gasteiger partial charge in [0.1, 0.15) is 17.5 Å². The van der Waals surface area contributed by atoms with Crippen LogP contribution in [0.2, 0.25) is 0 Å². The number of hydrogen-bond acceptors (Lipinski definition) is 4. The van der Waals surface area contributed by atoms with Gasteiger partial charge in [-0.3, -0.25) is 4.79 Å². The lowest BCUT2D eigenvalue weighted by atomic mass is 10.0. The minimum Gasteiger partial charge on any atom is -0.488 e. The van der Waals surface area contributed by atoms with Crippen molar-refractivity contribution < 1.29 is 19.1 Å². The zero-order valence-corrected chi connectivity index (χ0v) is 19.1. The van der Waals surface area contributed by atoms with Gasteiger partial charge in [0.05, 0.1) is 13.0 Å². The Balaban J connectivity index is 2.32. The highest BCUT2D eigenvalue weighted by Crippen LogP contribution is 2.27. The third-order valence-electron chi connectivity index (χ3n) is 5.06. The van der Waals surface area contributed by atoms with Crippen molar-refractivity contribution in [1.82, 2.24) is 9.80 Å². The van der Waals surface area contributed by atoms with Crippen molar-refractivity contribution in [3.05, 3.63) is 29.3 Å². The SMILES string of the molecule is Cc1ccc2c(c1)CC(=O)N(C(C)C)C[C@@H](C)[C@H](CN(C)C(=O)OC(C)(C)C)O2. The van der Waals surface area contributed by atoms with Gasteiger partial charge in [0.15, 0.2) is 0 Å². The predicted octanol–water partition coefficient (Wildman–Crippen LogP) is 4.04. The maximum absolute atomic E-state index is 13.0. The Labute approximate surface area is 175 Å². The van der Waals surface area contributed by atoms with Gasteiger partial charge in [-0.2, -0.15) is 0 Å². The predicted molar refractivity (Wildman–Crippen MR) is 114 cm³/mol. The maximum atomic E-state index is 13.0. The normalized spacial score (nSPS) is 20.3. The Morgan fingerprint density at radius 3 is 2.59 bits per heavy atom. The zero-order valence-electron chi connectivity index (χ0n) is 19.1. The summed E-state index contributed by atoms with van der Waals surface area (Å²) >= 11 is 0. The van der Waals surface area contributed by atoms with Crippen LogP contribution in [0.15, 0.2) is 18.2 Å². The van der Waals surface area contributed by atoms with Gasteiger partial charge in [0, 0.05) is 31.1 Å². The maximum Gasteiger partial charge on any atom is 0.410 e. The van der Waals surface area contributed by atoms with Gasteiger partial charge in [-0.15, -0.1) is 0 Å². The fraction of sp³-hybridized carbons (Fsp3) is 0.652. The summed E-state index contributed by atoms with van der Waals surface area (Å²) in [6.07, 6.45) is -0.327. The molecule has 2 amide bonds. The largest absolute Gasteiger partial charge is 0.488 e. The highest BCUT2D eigenvalue weighted by molar-refractivity contribution is 5.80. The standard InChI is InChI=1S/C23H36N2O4/c1-15(2)25-13-17(4)20(14-24(8)22(27)29-23(5,6)7)28-19-10-9-16(3)11-18(19)12-21(25)26/h9-11,15,17,20H,12-14H2,1-8H3/t17-,20+/m1/s1. The minimum absolute atomic E-state index is 0.0403. The fourth-order valence-corrected chi connectivity index (χ4v) is 3.44. The van der Waals surface area contributed by atoms with Crippen molar-refractivity contribution in [2.24, 2.45) is 5.92 Å². The number of nitrogens with zero attached hydrogens (tertiary/aromatic N) is 2. The number of benzene rings is 1. The molecule has 0 fully saturated rings. The van der Waals surface area contributed by atoms with Gasteiger partial charge in [-0.1, -0.05) is 24.6 Å². The molecule has 29 heavy (non-hydrogen) atoms. The Hall–Kier alpha value is -2.24. The molecule has 1 heterocycles. The summed E-state index contributed by atoms with van der Waals surface area (Å²) in [5.41, 5.74) is 1.42. The van der Waals surface area contributed by atoms with E-state index in [4.69, 9.17) is 9.47 Å². The lowest BCUT2D eigenvalue weighted by Gasteiger charge is -2.34. The van der Waals surface area contributed by atoms with Crippen LogP contribution in [0.5, 0.6) is 5.75 Å². The average Bonchev–Trinajstić information content (AvgIpc) is 2.62. The molecule has 162 valence electrons. The molecule has 0 spiro atoms. The molecule has 0 unspecified atom stereocenters. The number of amides is 2. The van der Waals surface area contributed by atoms with Crippen LogP contribution in [0.25, 0.3) is 0 Å². The first-order valence-electron chi connectivity index (χ1n) is 10.4. The second kappa shape index (κ2) is 9.06. The van der Waals surface area contributed by atoms with Crippen LogP contribution in [-0.4, -0.2) is 59.7 Å². The summed E-state index contributed by atoms with van der Waals surface area (Å²) < 4.78 is 11.9. The number of hydrogen-bond donors (Lipinski definition) is 0. The van der Waals surface area contributed by atoms with Crippen molar-refractivity contribution in [3.8, 4) is 5.75 Å². The van der Waals surface area contributed by atoms with Crippen molar-refractivity contribution in [1.29, 1.82) is 0 Å². The molecule has 2 rings (SSSR count). The van der Waals surface area contributed by atoms with E-state index in [-0.39, 0.29) is 30.1 Å². The van der Waals surface area contributed by atoms with Crippen LogP contribution >= 0.6 is 0 Å². The lowest BCUT2D eigenvalue weighted by molar-refractivity contribution is -0.133. The number of rotatable bonds is 3. The topological polar surface area (TPSA) is 59.1 Å². The summed E-state index contributed by atoms with van der Waals surface area (Å²) in [6, 6.07) is 6.02. The molecule has 0 N–H and O–H groups in total. The number of carbonyl (C=O) groups is 2. The van der Waals surface area contributed by atoms with E-state index in [0.29, 0.717) is 25.3 Å². The molecule has 0 radical (unpaired) electrons. The second-order valence-electron chi connectivity index (χ2n) is 9.42. The molecular formula is C23H36N2O4. The summed E-state index contributed by atoms with van der Waals surface area (Å²) in [5, 5.41) is 0. The van der Waals surface area contributed by atoms with E-state index >= 15 is 0 Å². The van der Waals surface area contributed by atoms with E-state index in [2.05, 4.69) is 6.92 Å². The second-order valence-corrected chi connectivity index (χ2v) is 9.42. The van der Waals surface area contributed by atoms with Crippen molar-refractivity contribution in [2.45, 2.75) is 72.6 Å². The number of likely N-dealkylation sites (N-methyl/N-ethyl adjacent to an activating group) is 1. The quantitative estimate of drug-likeness (QED) is 0.763. The summed E-state index contributed by atoms with van der Waals surface area (Å²) in [5.74, 6) is 0.853. The summed E-state index contributed by atoms with van der Waals surface area (Å²) in [7, 11) is 1.72. The number of carbonyl (C=O) groups excluding carboxylic acids is 2. The molecule has 1 aromatic carbocycles. The van der Waals surface area contributed by atoms with Gasteiger partial charge >= 0.3 is 6.09 Å². The van der Waals surface area contributed by atoms with E-state index in [1.807, 2.05) is 64.6 Å². The Kier molecular flexibility index (Phi) is 7.20. The molecule has 6 nitrogen and oxygen atoms in total. The molecular weight excluding hydrogens is 368 g/mol. The highest BCUT2D eigenvalue weighted by Gasteiger charge is 2.31. The highest BCUT2D eigenvalue weighted by atomic mass is 16.6. The minimum atomic E-state index is -0.554. The fourth-order valence-electron chi connectivity index (χ4n) is 3.44. The van der Waals surface area contributed by atoms with Crippen LogP contribution < -0.4 is 4.74 Å². The molecule has 0 bridgehead atoms. The van der Waals surface area contributed by atoms with E-state index < -0.39 is 5.60 Å². The van der Waals surface area contributed by atoms with Crippen molar-refractivity contribution in [2.75, 3.05) is 20.1 Å². The van der Waals surface area contributed by atoms with E-state index in [1.54, 1.807) is 11.9 Å². The molecule has 0 saturated carbocycles. The van der Waals surface area contributed by atoms with Crippen LogP contribution in [0.3, 0.4) is 0 Å². The van der Waals surface area contributed by atoms with E-state index in [1.165, 1.54) is 0 Å². The van der Waals surface area contributed by atoms with Gasteiger partial charge in [0.25, 0.3) is 0 Å². The summed E-state index contributed by atoms with van der Waals surface area (Å²) in [6.45, 7) is 14.6. The van der Waals surface area contributed by atoms with Crippen LogP contribution in [-0.2, 0) is 16.0 Å². The molecule has 6 heteroatoms. The molecule has 2 atom stereocenters. The Morgan fingerprint density at radius 1 is 1.34 bits per heavy atom. The monoisotopic (exact) mass is 404 g/mol. The third kappa shape index (κ3) is 6.38. The number of fused-ring (bicyclic) bond motifs is 1. The third-order valence-corrected chi connectivity index (χ3v) is 5.06. The molecule has 1 aromatic rings.